The quantitative estimate of drug-likeness (QED) is 0.850. The molecule has 0 radical (unpaired) electrons. The molecule has 0 atom stereocenters. The van der Waals surface area contributed by atoms with Crippen molar-refractivity contribution in [3.8, 4) is 17.2 Å². The Morgan fingerprint density at radius 2 is 1.76 bits per heavy atom. The second kappa shape index (κ2) is 6.57. The Morgan fingerprint density at radius 1 is 1.12 bits per heavy atom. The summed E-state index contributed by atoms with van der Waals surface area (Å²) in [7, 11) is 6.63. The first kappa shape index (κ1) is 13.9. The molecule has 0 unspecified atom stereocenters. The van der Waals surface area contributed by atoms with Gasteiger partial charge >= 0.3 is 0 Å². The molecule has 0 aliphatic heterocycles. The lowest BCUT2D eigenvalue weighted by Gasteiger charge is -2.17. The van der Waals surface area contributed by atoms with Crippen molar-refractivity contribution in [2.75, 3.05) is 34.9 Å². The van der Waals surface area contributed by atoms with Gasteiger partial charge in [-0.25, -0.2) is 0 Å². The predicted molar refractivity (Wildman–Crippen MR) is 68.7 cm³/mol. The number of hydrogen-bond acceptors (Lipinski definition) is 4. The third kappa shape index (κ3) is 2.96. The Morgan fingerprint density at radius 3 is 2.24 bits per heavy atom. The molecule has 5 heteroatoms. The summed E-state index contributed by atoms with van der Waals surface area (Å²) in [4.78, 5) is 0. The fourth-order valence-electron chi connectivity index (χ4n) is 1.67. The highest BCUT2D eigenvalue weighted by Gasteiger charge is 2.19. The molecule has 0 fully saturated rings. The average molecular weight is 260 g/mol. The number of nitrogens with one attached hydrogen (secondary N) is 1. The van der Waals surface area contributed by atoms with Gasteiger partial charge in [0.2, 0.25) is 5.75 Å². The molecule has 1 N–H and O–H groups in total. The minimum absolute atomic E-state index is 0.572. The standard InChI is InChI=1S/C12H18ClNO3/c1-14-6-5-8-9(13)7-10(15-2)12(17-4)11(8)16-3/h7,14H,5-6H2,1-4H3. The Labute approximate surface area is 107 Å². The van der Waals surface area contributed by atoms with Gasteiger partial charge in [-0.05, 0) is 20.0 Å². The molecule has 0 aliphatic carbocycles. The summed E-state index contributed by atoms with van der Waals surface area (Å²) in [6, 6.07) is 1.74. The molecular formula is C12H18ClNO3. The van der Waals surface area contributed by atoms with Crippen LogP contribution in [0.1, 0.15) is 5.56 Å². The number of methoxy groups -OCH3 is 3. The lowest BCUT2D eigenvalue weighted by molar-refractivity contribution is 0.322. The van der Waals surface area contributed by atoms with Crippen LogP contribution in [-0.4, -0.2) is 34.9 Å². The highest BCUT2D eigenvalue weighted by molar-refractivity contribution is 6.31. The number of likely N-dealkylation sites (N-methyl/N-ethyl adjacent to an activating group) is 1. The molecule has 1 aromatic rings. The van der Waals surface area contributed by atoms with Gasteiger partial charge in [0.1, 0.15) is 0 Å². The summed E-state index contributed by atoms with van der Waals surface area (Å²) in [5.41, 5.74) is 0.918. The summed E-state index contributed by atoms with van der Waals surface area (Å²) in [5.74, 6) is 1.78. The van der Waals surface area contributed by atoms with E-state index in [0.29, 0.717) is 22.3 Å². The molecule has 0 bridgehead atoms. The lowest BCUT2D eigenvalue weighted by Crippen LogP contribution is -2.11. The number of ether oxygens (including phenoxy) is 3. The zero-order valence-electron chi connectivity index (χ0n) is 10.6. The Bertz CT molecular complexity index is 383. The van der Waals surface area contributed by atoms with Crippen LogP contribution >= 0.6 is 11.6 Å². The zero-order valence-corrected chi connectivity index (χ0v) is 11.4. The summed E-state index contributed by atoms with van der Waals surface area (Å²) < 4.78 is 15.9. The zero-order chi connectivity index (χ0) is 12.8. The van der Waals surface area contributed by atoms with Crippen LogP contribution in [0.5, 0.6) is 17.2 Å². The van der Waals surface area contributed by atoms with Crippen molar-refractivity contribution in [3.05, 3.63) is 16.7 Å². The molecule has 0 saturated heterocycles. The van der Waals surface area contributed by atoms with Gasteiger partial charge in [0, 0.05) is 11.6 Å². The average Bonchev–Trinajstić information content (AvgIpc) is 2.35. The van der Waals surface area contributed by atoms with Crippen molar-refractivity contribution < 1.29 is 14.2 Å². The van der Waals surface area contributed by atoms with E-state index in [2.05, 4.69) is 5.32 Å². The van der Waals surface area contributed by atoms with Gasteiger partial charge in [0.25, 0.3) is 0 Å². The fraction of sp³-hybridized carbons (Fsp3) is 0.500. The number of hydrogen-bond donors (Lipinski definition) is 1. The van der Waals surface area contributed by atoms with Gasteiger partial charge in [0.05, 0.1) is 26.4 Å². The van der Waals surface area contributed by atoms with Crippen molar-refractivity contribution >= 4 is 11.6 Å². The van der Waals surface area contributed by atoms with Crippen molar-refractivity contribution in [1.82, 2.24) is 5.32 Å². The van der Waals surface area contributed by atoms with Crippen LogP contribution in [0.25, 0.3) is 0 Å². The van der Waals surface area contributed by atoms with Crippen molar-refractivity contribution in [2.45, 2.75) is 6.42 Å². The monoisotopic (exact) mass is 259 g/mol. The molecular weight excluding hydrogens is 242 g/mol. The molecule has 0 aliphatic rings. The van der Waals surface area contributed by atoms with E-state index < -0.39 is 0 Å². The largest absolute Gasteiger partial charge is 0.493 e. The van der Waals surface area contributed by atoms with E-state index in [-0.39, 0.29) is 0 Å². The van der Waals surface area contributed by atoms with Crippen LogP contribution in [0.4, 0.5) is 0 Å². The fourth-order valence-corrected chi connectivity index (χ4v) is 1.95. The number of benzene rings is 1. The summed E-state index contributed by atoms with van der Waals surface area (Å²) in [5, 5.41) is 3.69. The Kier molecular flexibility index (Phi) is 5.38. The number of rotatable bonds is 6. The Hall–Kier alpha value is -1.13. The molecule has 17 heavy (non-hydrogen) atoms. The highest BCUT2D eigenvalue weighted by Crippen LogP contribution is 2.43. The van der Waals surface area contributed by atoms with Crippen LogP contribution in [-0.2, 0) is 6.42 Å². The second-order valence-corrected chi connectivity index (χ2v) is 3.87. The van der Waals surface area contributed by atoms with Gasteiger partial charge in [-0.15, -0.1) is 0 Å². The topological polar surface area (TPSA) is 39.7 Å². The Balaban J connectivity index is 3.27. The van der Waals surface area contributed by atoms with E-state index in [0.717, 1.165) is 18.5 Å². The van der Waals surface area contributed by atoms with E-state index in [1.54, 1.807) is 27.4 Å². The van der Waals surface area contributed by atoms with E-state index in [1.165, 1.54) is 0 Å². The smallest absolute Gasteiger partial charge is 0.203 e. The first-order chi connectivity index (χ1) is 8.19. The minimum atomic E-state index is 0.572. The van der Waals surface area contributed by atoms with Crippen molar-refractivity contribution in [1.29, 1.82) is 0 Å². The molecule has 0 heterocycles. The summed E-state index contributed by atoms with van der Waals surface area (Å²) in [6.07, 6.45) is 0.763. The maximum absolute atomic E-state index is 6.21. The maximum Gasteiger partial charge on any atom is 0.203 e. The predicted octanol–water partition coefficient (Wildman–Crippen LogP) is 2.13. The van der Waals surface area contributed by atoms with Crippen molar-refractivity contribution in [2.24, 2.45) is 0 Å². The first-order valence-corrected chi connectivity index (χ1v) is 5.69. The van der Waals surface area contributed by atoms with E-state index in [1.807, 2.05) is 7.05 Å². The van der Waals surface area contributed by atoms with Gasteiger partial charge < -0.3 is 19.5 Å². The van der Waals surface area contributed by atoms with Gasteiger partial charge in [-0.1, -0.05) is 11.6 Å². The summed E-state index contributed by atoms with van der Waals surface area (Å²) >= 11 is 6.21. The third-order valence-corrected chi connectivity index (χ3v) is 2.84. The van der Waals surface area contributed by atoms with E-state index in [9.17, 15) is 0 Å². The second-order valence-electron chi connectivity index (χ2n) is 3.46. The summed E-state index contributed by atoms with van der Waals surface area (Å²) in [6.45, 7) is 0.811. The SMILES string of the molecule is CNCCc1c(Cl)cc(OC)c(OC)c1OC. The van der Waals surface area contributed by atoms with Gasteiger partial charge in [-0.3, -0.25) is 0 Å². The molecule has 0 amide bonds. The van der Waals surface area contributed by atoms with Crippen LogP contribution in [0.2, 0.25) is 5.02 Å². The molecule has 0 saturated carbocycles. The molecule has 1 rings (SSSR count). The number of halogens is 1. The normalized spacial score (nSPS) is 10.2. The van der Waals surface area contributed by atoms with Crippen molar-refractivity contribution in [3.63, 3.8) is 0 Å². The highest BCUT2D eigenvalue weighted by atomic mass is 35.5. The lowest BCUT2D eigenvalue weighted by atomic mass is 10.1. The molecule has 0 aromatic heterocycles. The molecule has 0 spiro atoms. The van der Waals surface area contributed by atoms with Crippen LogP contribution in [0, 0.1) is 0 Å². The van der Waals surface area contributed by atoms with E-state index >= 15 is 0 Å². The molecule has 96 valence electrons. The first-order valence-electron chi connectivity index (χ1n) is 5.31. The van der Waals surface area contributed by atoms with Gasteiger partial charge in [0.15, 0.2) is 11.5 Å². The van der Waals surface area contributed by atoms with Crippen LogP contribution in [0.15, 0.2) is 6.07 Å². The van der Waals surface area contributed by atoms with E-state index in [4.69, 9.17) is 25.8 Å². The minimum Gasteiger partial charge on any atom is -0.493 e. The third-order valence-electron chi connectivity index (χ3n) is 2.50. The van der Waals surface area contributed by atoms with Crippen LogP contribution < -0.4 is 19.5 Å². The van der Waals surface area contributed by atoms with Crippen LogP contribution in [0.3, 0.4) is 0 Å². The van der Waals surface area contributed by atoms with Gasteiger partial charge in [-0.2, -0.15) is 0 Å². The molecule has 4 nitrogen and oxygen atoms in total. The maximum atomic E-state index is 6.21. The molecule has 1 aromatic carbocycles.